The Hall–Kier alpha value is -2.63. The first-order valence-corrected chi connectivity index (χ1v) is 9.01. The number of methoxy groups -OCH3 is 2. The van der Waals surface area contributed by atoms with Crippen LogP contribution in [0.25, 0.3) is 0 Å². The number of carbonyl (C=O) groups is 1. The first kappa shape index (κ1) is 19.1. The molecule has 2 aromatic carbocycles. The van der Waals surface area contributed by atoms with E-state index in [1.165, 1.54) is 6.07 Å². The smallest absolute Gasteiger partial charge is 0.257 e. The maximum Gasteiger partial charge on any atom is 0.257 e. The summed E-state index contributed by atoms with van der Waals surface area (Å²) in [7, 11) is 3.18. The van der Waals surface area contributed by atoms with E-state index in [1.807, 2.05) is 13.0 Å². The summed E-state index contributed by atoms with van der Waals surface area (Å²) in [5, 5.41) is 0. The number of hydrogen-bond donors (Lipinski definition) is 0. The second-order valence-electron chi connectivity index (χ2n) is 6.58. The van der Waals surface area contributed by atoms with Crippen molar-refractivity contribution >= 4 is 5.91 Å². The molecule has 27 heavy (non-hydrogen) atoms. The summed E-state index contributed by atoms with van der Waals surface area (Å²) in [6.45, 7) is 2.48. The summed E-state index contributed by atoms with van der Waals surface area (Å²) in [6, 6.07) is 6.57. The van der Waals surface area contributed by atoms with E-state index in [1.54, 1.807) is 25.2 Å². The summed E-state index contributed by atoms with van der Waals surface area (Å²) < 4.78 is 38.3. The molecule has 1 aliphatic heterocycles. The number of carbonyl (C=O) groups excluding carboxylic acids is 1. The summed E-state index contributed by atoms with van der Waals surface area (Å²) in [6.07, 6.45) is 2.16. The third-order valence-corrected chi connectivity index (χ3v) is 4.97. The van der Waals surface area contributed by atoms with Crippen molar-refractivity contribution < 1.29 is 23.0 Å². The van der Waals surface area contributed by atoms with Gasteiger partial charge in [-0.05, 0) is 36.6 Å². The Morgan fingerprint density at radius 3 is 2.59 bits per heavy atom. The number of nitrogens with zero attached hydrogens (tertiary/aromatic N) is 1. The fraction of sp³-hybridized carbons (Fsp3) is 0.381. The highest BCUT2D eigenvalue weighted by Crippen LogP contribution is 2.42. The summed E-state index contributed by atoms with van der Waals surface area (Å²) >= 11 is 0. The molecule has 6 heteroatoms. The third-order valence-electron chi connectivity index (χ3n) is 4.97. The van der Waals surface area contributed by atoms with Gasteiger partial charge in [-0.3, -0.25) is 4.79 Å². The zero-order chi connectivity index (χ0) is 19.6. The standard InChI is InChI=1S/C21H23F2NO3/c1-4-5-18-20-13(10-15(26-2)12-19(20)27-3)8-9-24(18)21(25)16-7-6-14(22)11-17(16)23/h6-7,10-12,18H,4-5,8-9H2,1-3H3. The van der Waals surface area contributed by atoms with Crippen LogP contribution in [0, 0.1) is 11.6 Å². The van der Waals surface area contributed by atoms with Gasteiger partial charge in [-0.15, -0.1) is 0 Å². The highest BCUT2D eigenvalue weighted by Gasteiger charge is 2.34. The summed E-state index contributed by atoms with van der Waals surface area (Å²) in [5.41, 5.74) is 1.88. The number of hydrogen-bond acceptors (Lipinski definition) is 3. The molecule has 144 valence electrons. The number of halogens is 2. The van der Waals surface area contributed by atoms with Crippen LogP contribution in [0.2, 0.25) is 0 Å². The van der Waals surface area contributed by atoms with Gasteiger partial charge in [0, 0.05) is 24.2 Å². The monoisotopic (exact) mass is 375 g/mol. The average molecular weight is 375 g/mol. The molecule has 1 heterocycles. The molecule has 0 fully saturated rings. The van der Waals surface area contributed by atoms with Gasteiger partial charge in [-0.1, -0.05) is 13.3 Å². The minimum absolute atomic E-state index is 0.117. The SMILES string of the molecule is CCCC1c2c(cc(OC)cc2OC)CCN1C(=O)c1ccc(F)cc1F. The fourth-order valence-electron chi connectivity index (χ4n) is 3.72. The largest absolute Gasteiger partial charge is 0.497 e. The predicted molar refractivity (Wildman–Crippen MR) is 98.3 cm³/mol. The molecule has 1 unspecified atom stereocenters. The maximum atomic E-state index is 14.2. The molecule has 0 aliphatic carbocycles. The van der Waals surface area contributed by atoms with Crippen molar-refractivity contribution in [2.24, 2.45) is 0 Å². The Morgan fingerprint density at radius 2 is 1.96 bits per heavy atom. The zero-order valence-corrected chi connectivity index (χ0v) is 15.7. The summed E-state index contributed by atoms with van der Waals surface area (Å²) in [5.74, 6) is -0.630. The minimum Gasteiger partial charge on any atom is -0.497 e. The number of fused-ring (bicyclic) bond motifs is 1. The zero-order valence-electron chi connectivity index (χ0n) is 15.7. The first-order chi connectivity index (χ1) is 13.0. The number of rotatable bonds is 5. The van der Waals surface area contributed by atoms with Crippen LogP contribution in [-0.2, 0) is 6.42 Å². The Balaban J connectivity index is 2.04. The van der Waals surface area contributed by atoms with Gasteiger partial charge in [0.2, 0.25) is 0 Å². The molecular formula is C21H23F2NO3. The van der Waals surface area contributed by atoms with Crippen LogP contribution in [0.15, 0.2) is 30.3 Å². The van der Waals surface area contributed by atoms with Crippen LogP contribution < -0.4 is 9.47 Å². The Kier molecular flexibility index (Phi) is 5.63. The van der Waals surface area contributed by atoms with Crippen molar-refractivity contribution in [3.05, 3.63) is 58.7 Å². The lowest BCUT2D eigenvalue weighted by molar-refractivity contribution is 0.0641. The van der Waals surface area contributed by atoms with Crippen molar-refractivity contribution in [3.63, 3.8) is 0 Å². The lowest BCUT2D eigenvalue weighted by Crippen LogP contribution is -2.40. The van der Waals surface area contributed by atoms with Crippen LogP contribution in [0.5, 0.6) is 11.5 Å². The fourth-order valence-corrected chi connectivity index (χ4v) is 3.72. The molecule has 1 amide bonds. The molecule has 0 bridgehead atoms. The molecule has 0 N–H and O–H groups in total. The quantitative estimate of drug-likeness (QED) is 0.771. The molecule has 0 aromatic heterocycles. The molecule has 4 nitrogen and oxygen atoms in total. The molecule has 1 atom stereocenters. The van der Waals surface area contributed by atoms with Gasteiger partial charge >= 0.3 is 0 Å². The molecule has 1 aliphatic rings. The van der Waals surface area contributed by atoms with Crippen molar-refractivity contribution in [2.45, 2.75) is 32.2 Å². The van der Waals surface area contributed by atoms with Crippen molar-refractivity contribution in [2.75, 3.05) is 20.8 Å². The highest BCUT2D eigenvalue weighted by molar-refractivity contribution is 5.95. The number of benzene rings is 2. The summed E-state index contributed by atoms with van der Waals surface area (Å²) in [4.78, 5) is 14.7. The minimum atomic E-state index is -0.845. The van der Waals surface area contributed by atoms with Gasteiger partial charge in [0.05, 0.1) is 25.8 Å². The lowest BCUT2D eigenvalue weighted by atomic mass is 9.88. The van der Waals surface area contributed by atoms with E-state index in [9.17, 15) is 13.6 Å². The average Bonchev–Trinajstić information content (AvgIpc) is 2.66. The van der Waals surface area contributed by atoms with Crippen LogP contribution in [-0.4, -0.2) is 31.6 Å². The Morgan fingerprint density at radius 1 is 1.19 bits per heavy atom. The van der Waals surface area contributed by atoms with E-state index in [2.05, 4.69) is 0 Å². The van der Waals surface area contributed by atoms with Gasteiger partial charge in [0.1, 0.15) is 23.1 Å². The predicted octanol–water partition coefficient (Wildman–Crippen LogP) is 4.52. The Labute approximate surface area is 157 Å². The van der Waals surface area contributed by atoms with Crippen LogP contribution >= 0.6 is 0 Å². The van der Waals surface area contributed by atoms with Crippen molar-refractivity contribution in [1.82, 2.24) is 4.90 Å². The van der Waals surface area contributed by atoms with E-state index < -0.39 is 17.5 Å². The van der Waals surface area contributed by atoms with Gasteiger partial charge in [0.25, 0.3) is 5.91 Å². The van der Waals surface area contributed by atoms with E-state index in [-0.39, 0.29) is 11.6 Å². The normalized spacial score (nSPS) is 16.0. The molecule has 0 radical (unpaired) electrons. The van der Waals surface area contributed by atoms with Crippen LogP contribution in [0.1, 0.15) is 47.3 Å². The molecule has 2 aromatic rings. The highest BCUT2D eigenvalue weighted by atomic mass is 19.1. The van der Waals surface area contributed by atoms with E-state index in [0.717, 1.165) is 29.7 Å². The third kappa shape index (κ3) is 3.61. The van der Waals surface area contributed by atoms with E-state index >= 15 is 0 Å². The van der Waals surface area contributed by atoms with E-state index in [4.69, 9.17) is 9.47 Å². The Bertz CT molecular complexity index is 836. The second-order valence-corrected chi connectivity index (χ2v) is 6.58. The van der Waals surface area contributed by atoms with Crippen molar-refractivity contribution in [3.8, 4) is 11.5 Å². The second kappa shape index (κ2) is 7.94. The molecule has 3 rings (SSSR count). The molecular weight excluding hydrogens is 352 g/mol. The van der Waals surface area contributed by atoms with Crippen LogP contribution in [0.4, 0.5) is 8.78 Å². The van der Waals surface area contributed by atoms with Gasteiger partial charge in [-0.25, -0.2) is 8.78 Å². The maximum absolute atomic E-state index is 14.2. The van der Waals surface area contributed by atoms with E-state index in [0.29, 0.717) is 30.9 Å². The van der Waals surface area contributed by atoms with Gasteiger partial charge in [-0.2, -0.15) is 0 Å². The first-order valence-electron chi connectivity index (χ1n) is 9.01. The molecule has 0 saturated carbocycles. The van der Waals surface area contributed by atoms with Crippen LogP contribution in [0.3, 0.4) is 0 Å². The number of amides is 1. The lowest BCUT2D eigenvalue weighted by Gasteiger charge is -2.38. The van der Waals surface area contributed by atoms with Gasteiger partial charge < -0.3 is 14.4 Å². The number of ether oxygens (including phenoxy) is 2. The molecule has 0 saturated heterocycles. The topological polar surface area (TPSA) is 38.8 Å². The van der Waals surface area contributed by atoms with Gasteiger partial charge in [0.15, 0.2) is 0 Å². The molecule has 0 spiro atoms. The van der Waals surface area contributed by atoms with Crippen molar-refractivity contribution in [1.29, 1.82) is 0 Å².